The molecule has 13 heteroatoms. The smallest absolute Gasteiger partial charge is 0.274 e. The van der Waals surface area contributed by atoms with E-state index in [9.17, 15) is 13.2 Å². The lowest BCUT2D eigenvalue weighted by Gasteiger charge is -2.33. The van der Waals surface area contributed by atoms with E-state index in [0.717, 1.165) is 0 Å². The van der Waals surface area contributed by atoms with Crippen molar-refractivity contribution in [1.29, 1.82) is 0 Å². The quantitative estimate of drug-likeness (QED) is 0.468. The Labute approximate surface area is 207 Å². The Hall–Kier alpha value is -2.60. The first-order chi connectivity index (χ1) is 16.2. The minimum Gasteiger partial charge on any atom is -0.470 e. The van der Waals surface area contributed by atoms with E-state index in [0.29, 0.717) is 28.0 Å². The van der Waals surface area contributed by atoms with Crippen LogP contribution in [0.2, 0.25) is 10.0 Å². The Morgan fingerprint density at radius 2 is 1.82 bits per heavy atom. The van der Waals surface area contributed by atoms with E-state index in [1.165, 1.54) is 8.99 Å². The van der Waals surface area contributed by atoms with Crippen molar-refractivity contribution in [3.05, 3.63) is 58.1 Å². The fourth-order valence-electron chi connectivity index (χ4n) is 3.62. The van der Waals surface area contributed by atoms with Crippen LogP contribution in [0.1, 0.15) is 23.1 Å². The summed E-state index contributed by atoms with van der Waals surface area (Å²) in [6, 6.07) is 6.49. The molecule has 3 heterocycles. The maximum absolute atomic E-state index is 13.0. The lowest BCUT2D eigenvalue weighted by atomic mass is 10.3. The number of hydrogen-bond donors (Lipinski definition) is 0. The summed E-state index contributed by atoms with van der Waals surface area (Å²) < 4.78 is 36.2. The number of piperazine rings is 1. The average molecular weight is 527 g/mol. The van der Waals surface area contributed by atoms with Crippen LogP contribution < -0.4 is 4.74 Å². The number of rotatable bonds is 7. The number of nitrogens with zero attached hydrogens (tertiary/aromatic N) is 6. The Balaban J connectivity index is 1.35. The van der Waals surface area contributed by atoms with Gasteiger partial charge < -0.3 is 9.64 Å². The highest BCUT2D eigenvalue weighted by Crippen LogP contribution is 2.27. The van der Waals surface area contributed by atoms with Gasteiger partial charge in [0.15, 0.2) is 12.4 Å². The second-order valence-corrected chi connectivity index (χ2v) is 10.5. The summed E-state index contributed by atoms with van der Waals surface area (Å²) in [5, 5.41) is 9.38. The van der Waals surface area contributed by atoms with Gasteiger partial charge in [-0.3, -0.25) is 9.48 Å². The molecule has 1 amide bonds. The number of ether oxygens (including phenoxy) is 1. The van der Waals surface area contributed by atoms with Crippen LogP contribution in [0.3, 0.4) is 0 Å². The molecule has 1 aromatic carbocycles. The van der Waals surface area contributed by atoms with Gasteiger partial charge in [-0.2, -0.15) is 14.5 Å². The van der Waals surface area contributed by atoms with E-state index >= 15 is 0 Å². The molecular weight excluding hydrogens is 503 g/mol. The van der Waals surface area contributed by atoms with Crippen LogP contribution in [0, 0.1) is 6.92 Å². The lowest BCUT2D eigenvalue weighted by Crippen LogP contribution is -2.50. The first-order valence-electron chi connectivity index (χ1n) is 10.6. The number of aryl methyl sites for hydroxylation is 2. The van der Waals surface area contributed by atoms with E-state index in [4.69, 9.17) is 27.9 Å². The van der Waals surface area contributed by atoms with Gasteiger partial charge in [0.05, 0.1) is 10.7 Å². The zero-order chi connectivity index (χ0) is 24.5. The highest BCUT2D eigenvalue weighted by Gasteiger charge is 2.33. The molecule has 0 bridgehead atoms. The molecule has 0 radical (unpaired) electrons. The largest absolute Gasteiger partial charge is 0.470 e. The summed E-state index contributed by atoms with van der Waals surface area (Å²) in [6.07, 6.45) is 3.18. The SMILES string of the molecule is CCn1cc(S(=O)(=O)N2CCN(C(=O)c3ccn(COc4ccc(Cl)cc4Cl)n3)CC2)c(C)n1. The van der Waals surface area contributed by atoms with Gasteiger partial charge in [-0.15, -0.1) is 0 Å². The van der Waals surface area contributed by atoms with Gasteiger partial charge in [-0.1, -0.05) is 23.2 Å². The van der Waals surface area contributed by atoms with Crippen LogP contribution in [0.4, 0.5) is 0 Å². The Kier molecular flexibility index (Phi) is 7.17. The monoisotopic (exact) mass is 526 g/mol. The van der Waals surface area contributed by atoms with E-state index < -0.39 is 10.0 Å². The van der Waals surface area contributed by atoms with Crippen molar-refractivity contribution < 1.29 is 17.9 Å². The van der Waals surface area contributed by atoms with Gasteiger partial charge >= 0.3 is 0 Å². The van der Waals surface area contributed by atoms with E-state index in [-0.39, 0.29) is 49.4 Å². The van der Waals surface area contributed by atoms with Crippen molar-refractivity contribution in [2.75, 3.05) is 26.2 Å². The topological polar surface area (TPSA) is 103 Å². The molecule has 0 unspecified atom stereocenters. The predicted octanol–water partition coefficient (Wildman–Crippen LogP) is 2.90. The minimum atomic E-state index is -3.67. The maximum atomic E-state index is 13.0. The number of carbonyl (C=O) groups excluding carboxylic acids is 1. The molecule has 182 valence electrons. The fourth-order valence-corrected chi connectivity index (χ4v) is 5.68. The molecule has 4 rings (SSSR count). The molecule has 1 aliphatic heterocycles. The first-order valence-corrected chi connectivity index (χ1v) is 12.8. The number of aromatic nitrogens is 4. The van der Waals surface area contributed by atoms with Crippen LogP contribution in [-0.4, -0.2) is 69.3 Å². The van der Waals surface area contributed by atoms with Crippen molar-refractivity contribution in [3.63, 3.8) is 0 Å². The van der Waals surface area contributed by atoms with Crippen LogP contribution in [0.25, 0.3) is 0 Å². The molecule has 10 nitrogen and oxygen atoms in total. The summed E-state index contributed by atoms with van der Waals surface area (Å²) in [4.78, 5) is 14.7. The van der Waals surface area contributed by atoms with E-state index in [1.54, 1.807) is 53.2 Å². The number of sulfonamides is 1. The Morgan fingerprint density at radius 3 is 2.47 bits per heavy atom. The van der Waals surface area contributed by atoms with Gasteiger partial charge in [-0.05, 0) is 38.1 Å². The molecular formula is C21H24Cl2N6O4S. The third-order valence-corrected chi connectivity index (χ3v) is 8.01. The summed E-state index contributed by atoms with van der Waals surface area (Å²) in [5.74, 6) is 0.182. The summed E-state index contributed by atoms with van der Waals surface area (Å²) in [7, 11) is -3.67. The van der Waals surface area contributed by atoms with Crippen LogP contribution >= 0.6 is 23.2 Å². The van der Waals surface area contributed by atoms with E-state index in [1.807, 2.05) is 6.92 Å². The molecule has 3 aromatic rings. The molecule has 0 spiro atoms. The molecule has 0 atom stereocenters. The van der Waals surface area contributed by atoms with E-state index in [2.05, 4.69) is 10.2 Å². The fraction of sp³-hybridized carbons (Fsp3) is 0.381. The summed E-state index contributed by atoms with van der Waals surface area (Å²) >= 11 is 12.0. The molecule has 1 saturated heterocycles. The van der Waals surface area contributed by atoms with Crippen LogP contribution in [-0.2, 0) is 23.3 Å². The predicted molar refractivity (Wildman–Crippen MR) is 127 cm³/mol. The van der Waals surface area contributed by atoms with Crippen molar-refractivity contribution in [1.82, 2.24) is 28.8 Å². The second kappa shape index (κ2) is 9.95. The molecule has 0 aliphatic carbocycles. The third kappa shape index (κ3) is 5.07. The second-order valence-electron chi connectivity index (χ2n) is 7.72. The highest BCUT2D eigenvalue weighted by molar-refractivity contribution is 7.89. The number of hydrogen-bond acceptors (Lipinski definition) is 6. The number of amides is 1. The normalized spacial score (nSPS) is 15.0. The third-order valence-electron chi connectivity index (χ3n) is 5.48. The molecule has 0 N–H and O–H groups in total. The molecule has 34 heavy (non-hydrogen) atoms. The van der Waals surface area contributed by atoms with Gasteiger partial charge in [0.2, 0.25) is 10.0 Å². The van der Waals surface area contributed by atoms with Crippen molar-refractivity contribution in [2.45, 2.75) is 32.0 Å². The Morgan fingerprint density at radius 1 is 1.09 bits per heavy atom. The van der Waals surface area contributed by atoms with Crippen LogP contribution in [0.5, 0.6) is 5.75 Å². The molecule has 1 aliphatic rings. The maximum Gasteiger partial charge on any atom is 0.274 e. The zero-order valence-electron chi connectivity index (χ0n) is 18.7. The summed E-state index contributed by atoms with van der Waals surface area (Å²) in [6.45, 7) is 5.15. The number of carbonyl (C=O) groups is 1. The van der Waals surface area contributed by atoms with Crippen molar-refractivity contribution in [2.24, 2.45) is 0 Å². The molecule has 0 saturated carbocycles. The highest BCUT2D eigenvalue weighted by atomic mass is 35.5. The van der Waals surface area contributed by atoms with Gasteiger partial charge in [-0.25, -0.2) is 13.1 Å². The summed E-state index contributed by atoms with van der Waals surface area (Å²) in [5.41, 5.74) is 0.718. The van der Waals surface area contributed by atoms with Crippen LogP contribution in [0.15, 0.2) is 41.6 Å². The first kappa shape index (κ1) is 24.5. The number of benzene rings is 1. The Bertz CT molecular complexity index is 1300. The minimum absolute atomic E-state index is 0.0610. The standard InChI is InChI=1S/C21H24Cl2N6O4S/c1-3-27-13-20(15(2)24-27)34(31,32)29-10-8-26(9-11-29)21(30)18-6-7-28(25-18)14-33-19-5-4-16(22)12-17(19)23/h4-7,12-13H,3,8-11,14H2,1-2H3. The molecule has 1 fully saturated rings. The number of halogens is 2. The molecule has 2 aromatic heterocycles. The van der Waals surface area contributed by atoms with Crippen molar-refractivity contribution >= 4 is 39.1 Å². The van der Waals surface area contributed by atoms with Gasteiger partial charge in [0, 0.05) is 50.1 Å². The van der Waals surface area contributed by atoms with Gasteiger partial charge in [0.1, 0.15) is 10.6 Å². The van der Waals surface area contributed by atoms with Gasteiger partial charge in [0.25, 0.3) is 5.91 Å². The lowest BCUT2D eigenvalue weighted by molar-refractivity contribution is 0.0690. The average Bonchev–Trinajstić information content (AvgIpc) is 3.45. The zero-order valence-corrected chi connectivity index (χ0v) is 21.0. The van der Waals surface area contributed by atoms with Crippen molar-refractivity contribution in [3.8, 4) is 5.75 Å².